The first-order chi connectivity index (χ1) is 12.2. The van der Waals surface area contributed by atoms with Gasteiger partial charge >= 0.3 is 6.03 Å². The summed E-state index contributed by atoms with van der Waals surface area (Å²) in [7, 11) is 0. The second-order valence-electron chi connectivity index (χ2n) is 6.52. The molecule has 1 aliphatic carbocycles. The predicted molar refractivity (Wildman–Crippen MR) is 97.5 cm³/mol. The minimum Gasteiger partial charge on any atom is -0.376 e. The van der Waals surface area contributed by atoms with Crippen molar-refractivity contribution >= 4 is 23.3 Å². The minimum absolute atomic E-state index is 0.0476. The minimum atomic E-state index is -0.249. The van der Waals surface area contributed by atoms with Crippen LogP contribution in [0.5, 0.6) is 0 Å². The van der Waals surface area contributed by atoms with Gasteiger partial charge in [0.05, 0.1) is 6.10 Å². The molecule has 2 unspecified atom stereocenters. The van der Waals surface area contributed by atoms with Gasteiger partial charge in [-0.25, -0.2) is 4.79 Å². The number of hydrogen-bond donors (Lipinski definition) is 3. The maximum atomic E-state index is 12.2. The summed E-state index contributed by atoms with van der Waals surface area (Å²) in [6.07, 6.45) is 9.01. The Morgan fingerprint density at radius 2 is 1.80 bits per heavy atom. The van der Waals surface area contributed by atoms with Crippen molar-refractivity contribution in [1.82, 2.24) is 5.32 Å². The van der Waals surface area contributed by atoms with Crippen molar-refractivity contribution < 1.29 is 14.3 Å². The molecular formula is C19H25N3O3. The average molecular weight is 343 g/mol. The number of urea groups is 1. The Morgan fingerprint density at radius 3 is 2.44 bits per heavy atom. The highest BCUT2D eigenvalue weighted by atomic mass is 16.5. The molecule has 1 aromatic carbocycles. The Hall–Kier alpha value is -2.34. The molecule has 25 heavy (non-hydrogen) atoms. The van der Waals surface area contributed by atoms with Crippen LogP contribution in [0.25, 0.3) is 0 Å². The molecule has 0 saturated carbocycles. The third-order valence-electron chi connectivity index (χ3n) is 4.56. The highest BCUT2D eigenvalue weighted by Gasteiger charge is 2.19. The van der Waals surface area contributed by atoms with E-state index in [4.69, 9.17) is 4.74 Å². The Bertz CT molecular complexity index is 621. The van der Waals surface area contributed by atoms with Crippen molar-refractivity contribution in [3.05, 3.63) is 36.4 Å². The largest absolute Gasteiger partial charge is 0.376 e. The van der Waals surface area contributed by atoms with Gasteiger partial charge in [0.1, 0.15) is 0 Å². The van der Waals surface area contributed by atoms with E-state index in [1.807, 2.05) is 0 Å². The van der Waals surface area contributed by atoms with Gasteiger partial charge < -0.3 is 20.7 Å². The Morgan fingerprint density at radius 1 is 1.04 bits per heavy atom. The lowest BCUT2D eigenvalue weighted by Gasteiger charge is -2.17. The van der Waals surface area contributed by atoms with E-state index in [9.17, 15) is 9.59 Å². The molecule has 0 aromatic heterocycles. The van der Waals surface area contributed by atoms with Gasteiger partial charge in [-0.15, -0.1) is 0 Å². The highest BCUT2D eigenvalue weighted by Crippen LogP contribution is 2.21. The lowest BCUT2D eigenvalue weighted by molar-refractivity contribution is -0.120. The van der Waals surface area contributed by atoms with Crippen LogP contribution in [-0.2, 0) is 9.53 Å². The molecule has 3 rings (SSSR count). The van der Waals surface area contributed by atoms with Crippen molar-refractivity contribution in [1.29, 1.82) is 0 Å². The van der Waals surface area contributed by atoms with Crippen LogP contribution >= 0.6 is 0 Å². The molecule has 0 radical (unpaired) electrons. The third-order valence-corrected chi connectivity index (χ3v) is 4.56. The van der Waals surface area contributed by atoms with Crippen LogP contribution in [0.15, 0.2) is 36.4 Å². The Balaban J connectivity index is 1.44. The number of nitrogens with one attached hydrogen (secondary N) is 3. The molecule has 134 valence electrons. The van der Waals surface area contributed by atoms with Gasteiger partial charge in [-0.05, 0) is 56.4 Å². The average Bonchev–Trinajstić information content (AvgIpc) is 3.16. The second kappa shape index (κ2) is 8.67. The van der Waals surface area contributed by atoms with E-state index in [0.717, 1.165) is 44.4 Å². The Kier molecular flexibility index (Phi) is 6.06. The molecule has 1 saturated heterocycles. The van der Waals surface area contributed by atoms with Gasteiger partial charge in [-0.3, -0.25) is 4.79 Å². The molecule has 6 nitrogen and oxygen atoms in total. The number of carbonyl (C=O) groups is 2. The summed E-state index contributed by atoms with van der Waals surface area (Å²) in [4.78, 5) is 24.1. The van der Waals surface area contributed by atoms with E-state index in [2.05, 4.69) is 28.1 Å². The SMILES string of the molecule is O=C(NCC1CCCO1)Nc1ccc(NC(=O)C2CC=CCC2)cc1. The van der Waals surface area contributed by atoms with Crippen molar-refractivity contribution in [2.45, 2.75) is 38.2 Å². The molecule has 6 heteroatoms. The van der Waals surface area contributed by atoms with Crippen LogP contribution in [0.2, 0.25) is 0 Å². The number of anilines is 2. The first-order valence-corrected chi connectivity index (χ1v) is 8.93. The topological polar surface area (TPSA) is 79.5 Å². The van der Waals surface area contributed by atoms with Gasteiger partial charge in [0.25, 0.3) is 0 Å². The van der Waals surface area contributed by atoms with Gasteiger partial charge in [0.2, 0.25) is 5.91 Å². The smallest absolute Gasteiger partial charge is 0.319 e. The molecule has 1 heterocycles. The zero-order valence-corrected chi connectivity index (χ0v) is 14.3. The summed E-state index contributed by atoms with van der Waals surface area (Å²) in [5, 5.41) is 8.53. The number of allylic oxidation sites excluding steroid dienone is 2. The molecule has 1 fully saturated rings. The number of carbonyl (C=O) groups excluding carboxylic acids is 2. The summed E-state index contributed by atoms with van der Waals surface area (Å²) in [6, 6.07) is 6.91. The monoisotopic (exact) mass is 343 g/mol. The van der Waals surface area contributed by atoms with E-state index < -0.39 is 0 Å². The number of rotatable bonds is 5. The summed E-state index contributed by atoms with van der Waals surface area (Å²) in [5.74, 6) is 0.103. The normalized spacial score (nSPS) is 22.4. The summed E-state index contributed by atoms with van der Waals surface area (Å²) in [5.41, 5.74) is 1.42. The van der Waals surface area contributed by atoms with E-state index >= 15 is 0 Å². The van der Waals surface area contributed by atoms with Crippen LogP contribution in [0, 0.1) is 5.92 Å². The van der Waals surface area contributed by atoms with E-state index in [0.29, 0.717) is 12.2 Å². The van der Waals surface area contributed by atoms with Crippen LogP contribution in [-0.4, -0.2) is 31.2 Å². The number of hydrogen-bond acceptors (Lipinski definition) is 3. The molecule has 0 bridgehead atoms. The molecule has 0 spiro atoms. The third kappa shape index (κ3) is 5.32. The number of amides is 3. The van der Waals surface area contributed by atoms with Gasteiger partial charge in [0.15, 0.2) is 0 Å². The quantitative estimate of drug-likeness (QED) is 0.718. The van der Waals surface area contributed by atoms with Gasteiger partial charge in [-0.2, -0.15) is 0 Å². The first-order valence-electron chi connectivity index (χ1n) is 8.93. The van der Waals surface area contributed by atoms with Crippen molar-refractivity contribution in [3.8, 4) is 0 Å². The lowest BCUT2D eigenvalue weighted by atomic mass is 9.93. The van der Waals surface area contributed by atoms with Gasteiger partial charge in [0, 0.05) is 30.4 Å². The number of benzene rings is 1. The van der Waals surface area contributed by atoms with E-state index in [1.54, 1.807) is 24.3 Å². The molecule has 2 atom stereocenters. The lowest BCUT2D eigenvalue weighted by Crippen LogP contribution is -2.35. The molecule has 3 amide bonds. The molecule has 2 aliphatic rings. The van der Waals surface area contributed by atoms with Crippen LogP contribution in [0.4, 0.5) is 16.2 Å². The second-order valence-corrected chi connectivity index (χ2v) is 6.52. The maximum Gasteiger partial charge on any atom is 0.319 e. The molecular weight excluding hydrogens is 318 g/mol. The molecule has 1 aliphatic heterocycles. The van der Waals surface area contributed by atoms with Crippen molar-refractivity contribution in [3.63, 3.8) is 0 Å². The summed E-state index contributed by atoms with van der Waals surface area (Å²) < 4.78 is 5.47. The maximum absolute atomic E-state index is 12.2. The van der Waals surface area contributed by atoms with E-state index in [1.165, 1.54) is 0 Å². The summed E-state index contributed by atoms with van der Waals surface area (Å²) >= 11 is 0. The molecule has 3 N–H and O–H groups in total. The predicted octanol–water partition coefficient (Wildman–Crippen LogP) is 3.28. The highest BCUT2D eigenvalue weighted by molar-refractivity contribution is 5.93. The zero-order chi connectivity index (χ0) is 17.5. The molecule has 1 aromatic rings. The van der Waals surface area contributed by atoms with Crippen molar-refractivity contribution in [2.75, 3.05) is 23.8 Å². The number of ether oxygens (including phenoxy) is 1. The zero-order valence-electron chi connectivity index (χ0n) is 14.3. The van der Waals surface area contributed by atoms with E-state index in [-0.39, 0.29) is 24.0 Å². The van der Waals surface area contributed by atoms with Crippen LogP contribution in [0.1, 0.15) is 32.1 Å². The Labute approximate surface area is 148 Å². The van der Waals surface area contributed by atoms with Gasteiger partial charge in [-0.1, -0.05) is 12.2 Å². The fraction of sp³-hybridized carbons (Fsp3) is 0.474. The fourth-order valence-electron chi connectivity index (χ4n) is 3.10. The van der Waals surface area contributed by atoms with Crippen molar-refractivity contribution in [2.24, 2.45) is 5.92 Å². The fourth-order valence-corrected chi connectivity index (χ4v) is 3.10. The standard InChI is InChI=1S/C19H25N3O3/c23-18(14-5-2-1-3-6-14)21-15-8-10-16(11-9-15)22-19(24)20-13-17-7-4-12-25-17/h1-2,8-11,14,17H,3-7,12-13H2,(H,21,23)(H2,20,22,24). The van der Waals surface area contributed by atoms with Crippen LogP contribution in [0.3, 0.4) is 0 Å². The van der Waals surface area contributed by atoms with Crippen LogP contribution < -0.4 is 16.0 Å². The summed E-state index contributed by atoms with van der Waals surface area (Å²) in [6.45, 7) is 1.30. The first kappa shape index (κ1) is 17.5.